The van der Waals surface area contributed by atoms with Gasteiger partial charge in [0, 0.05) is 50.7 Å². The van der Waals surface area contributed by atoms with Crippen LogP contribution in [0.2, 0.25) is 0 Å². The molecule has 18 nitrogen and oxygen atoms in total. The lowest BCUT2D eigenvalue weighted by Gasteiger charge is -2.33. The molecule has 4 amide bonds. The number of morpholine rings is 1. The van der Waals surface area contributed by atoms with E-state index in [9.17, 15) is 24.3 Å². The molecule has 0 unspecified atom stereocenters. The van der Waals surface area contributed by atoms with Gasteiger partial charge >= 0.3 is 12.2 Å². The number of hydrogen-bond donors (Lipinski definition) is 4. The minimum atomic E-state index is -1.13. The summed E-state index contributed by atoms with van der Waals surface area (Å²) >= 11 is 0. The van der Waals surface area contributed by atoms with Gasteiger partial charge in [-0.3, -0.25) is 14.5 Å². The van der Waals surface area contributed by atoms with Gasteiger partial charge in [-0.25, -0.2) is 24.5 Å². The summed E-state index contributed by atoms with van der Waals surface area (Å²) in [5, 5.41) is 12.6. The van der Waals surface area contributed by atoms with E-state index in [4.69, 9.17) is 24.4 Å². The second kappa shape index (κ2) is 20.7. The molecule has 6 aromatic rings. The number of rotatable bonds is 13. The van der Waals surface area contributed by atoms with Gasteiger partial charge in [0.15, 0.2) is 0 Å². The number of amides is 4. The number of fused-ring (bicyclic) bond motifs is 2. The summed E-state index contributed by atoms with van der Waals surface area (Å²) in [7, 11) is 2.76. The summed E-state index contributed by atoms with van der Waals surface area (Å²) in [5.41, 5.74) is 8.79. The summed E-state index contributed by atoms with van der Waals surface area (Å²) in [6.07, 6.45) is 5.03. The third-order valence-corrected chi connectivity index (χ3v) is 15.5. The quantitative estimate of drug-likeness (QED) is 0.0857. The normalized spacial score (nSPS) is 21.2. The molecule has 0 bridgehead atoms. The van der Waals surface area contributed by atoms with Gasteiger partial charge in [-0.2, -0.15) is 0 Å². The number of carbonyl (C=O) groups is 4. The number of methoxy groups -OCH3 is 1. The molecule has 4 N–H and O–H groups in total. The Morgan fingerprint density at radius 1 is 0.726 bits per heavy atom. The second-order valence-corrected chi connectivity index (χ2v) is 20.7. The van der Waals surface area contributed by atoms with E-state index in [-0.39, 0.29) is 47.8 Å². The molecule has 3 aromatic heterocycles. The molecular formula is C55H67N11O7. The molecule has 18 heteroatoms. The molecule has 384 valence electrons. The Kier molecular flexibility index (Phi) is 14.0. The van der Waals surface area contributed by atoms with Crippen LogP contribution in [0.5, 0.6) is 0 Å². The molecule has 0 spiro atoms. The van der Waals surface area contributed by atoms with Crippen molar-refractivity contribution in [2.75, 3.05) is 63.4 Å². The molecule has 7 heterocycles. The zero-order chi connectivity index (χ0) is 51.1. The van der Waals surface area contributed by atoms with Crippen molar-refractivity contribution in [3.05, 3.63) is 102 Å². The van der Waals surface area contributed by atoms with Crippen molar-refractivity contribution in [3.8, 4) is 11.1 Å². The Bertz CT molecular complexity index is 2980. The summed E-state index contributed by atoms with van der Waals surface area (Å²) in [6.45, 7) is 11.7. The number of hydrogen-bond acceptors (Lipinski definition) is 11. The first-order valence-electron chi connectivity index (χ1n) is 25.9. The topological polar surface area (TPSA) is 205 Å². The molecule has 6 atom stereocenters. The van der Waals surface area contributed by atoms with Gasteiger partial charge in [-0.1, -0.05) is 52.0 Å². The minimum Gasteiger partial charge on any atom is -0.465 e. The number of likely N-dealkylation sites (tertiary alicyclic amines) is 2. The maximum atomic E-state index is 14.1. The van der Waals surface area contributed by atoms with Gasteiger partial charge in [0.05, 0.1) is 66.6 Å². The number of benzene rings is 3. The van der Waals surface area contributed by atoms with Gasteiger partial charge in [-0.15, -0.1) is 0 Å². The van der Waals surface area contributed by atoms with E-state index < -0.39 is 24.3 Å². The first-order chi connectivity index (χ1) is 35.3. The lowest BCUT2D eigenvalue weighted by molar-refractivity contribution is -0.138. The smallest absolute Gasteiger partial charge is 0.407 e. The van der Waals surface area contributed by atoms with Crippen LogP contribution in [0.1, 0.15) is 113 Å². The van der Waals surface area contributed by atoms with Crippen molar-refractivity contribution in [3.63, 3.8) is 0 Å². The summed E-state index contributed by atoms with van der Waals surface area (Å²) in [5.74, 6) is 1.68. The first kappa shape index (κ1) is 49.4. The molecule has 4 aliphatic heterocycles. The number of pyridine rings is 1. The fraction of sp³-hybridized carbons (Fsp3) is 0.473. The number of H-pyrrole nitrogens is 2. The van der Waals surface area contributed by atoms with Gasteiger partial charge in [0.1, 0.15) is 29.6 Å². The number of carboxylic acid groups (broad SMARTS) is 1. The summed E-state index contributed by atoms with van der Waals surface area (Å²) in [4.78, 5) is 84.2. The fourth-order valence-electron chi connectivity index (χ4n) is 11.7. The zero-order valence-corrected chi connectivity index (χ0v) is 42.6. The van der Waals surface area contributed by atoms with Crippen LogP contribution in [0, 0.1) is 11.8 Å². The summed E-state index contributed by atoms with van der Waals surface area (Å²) < 4.78 is 10.4. The Labute approximate surface area is 425 Å². The highest BCUT2D eigenvalue weighted by Crippen LogP contribution is 2.48. The molecule has 0 aliphatic carbocycles. The highest BCUT2D eigenvalue weighted by atomic mass is 16.5. The number of nitrogens with zero attached hydrogens (tertiary/aromatic N) is 8. The van der Waals surface area contributed by atoms with Crippen LogP contribution >= 0.6 is 0 Å². The average molecular weight is 994 g/mol. The van der Waals surface area contributed by atoms with Gasteiger partial charge < -0.3 is 49.5 Å². The highest BCUT2D eigenvalue weighted by molar-refractivity contribution is 5.87. The Balaban J connectivity index is 0.972. The van der Waals surface area contributed by atoms with Crippen LogP contribution < -0.4 is 15.1 Å². The number of ether oxygens (including phenoxy) is 2. The van der Waals surface area contributed by atoms with Crippen LogP contribution in [0.4, 0.5) is 21.1 Å². The number of nitrogens with one attached hydrogen (secondary N) is 3. The predicted molar refractivity (Wildman–Crippen MR) is 278 cm³/mol. The second-order valence-electron chi connectivity index (χ2n) is 20.7. The Morgan fingerprint density at radius 2 is 1.33 bits per heavy atom. The van der Waals surface area contributed by atoms with Crippen molar-refractivity contribution in [1.29, 1.82) is 0 Å². The van der Waals surface area contributed by atoms with E-state index in [0.29, 0.717) is 32.1 Å². The number of likely N-dealkylation sites (N-methyl/N-ethyl adjacent to an activating group) is 1. The molecule has 3 aromatic carbocycles. The number of aromatic nitrogens is 5. The van der Waals surface area contributed by atoms with Crippen LogP contribution in [0.3, 0.4) is 0 Å². The van der Waals surface area contributed by atoms with E-state index in [2.05, 4.69) is 97.9 Å². The van der Waals surface area contributed by atoms with Crippen molar-refractivity contribution >= 4 is 57.6 Å². The van der Waals surface area contributed by atoms with Crippen molar-refractivity contribution in [2.24, 2.45) is 11.8 Å². The van der Waals surface area contributed by atoms with Crippen molar-refractivity contribution < 1.29 is 33.8 Å². The van der Waals surface area contributed by atoms with Crippen molar-refractivity contribution in [2.45, 2.75) is 102 Å². The predicted octanol–water partition coefficient (Wildman–Crippen LogP) is 8.76. The lowest BCUT2D eigenvalue weighted by atomic mass is 10.0. The number of anilines is 2. The standard InChI is InChI=1S/C55H67N11O7/c1-32(2)48(61-54(69)72-6)52(67)64-22-8-12-45(64)50-57-39-17-14-35(29-41(39)59-50)43-19-20-44(66(43)38-11-7-10-34(28-38)37-16-21-47(56-31-37)63-24-26-73-27-25-63)36-15-18-40-42(30-36)60-51(58-40)46-13-9-23-65(46)53(68)49(33(3)4)62(5)55(70)71/h7,10-11,14-18,21,28-33,43-46,48-49H,8-9,12-13,19-20,22-27H2,1-6H3,(H,57,59)(H,58,60)(H,61,69)(H,70,71)/t43-,44-,45+,46+,48+,49+/m1/s1. The number of aromatic amines is 2. The van der Waals surface area contributed by atoms with Gasteiger partial charge in [-0.05, 0) is 116 Å². The van der Waals surface area contributed by atoms with E-state index in [1.807, 2.05) is 38.8 Å². The Hall–Kier alpha value is -7.21. The molecule has 0 saturated carbocycles. The van der Waals surface area contributed by atoms with Gasteiger partial charge in [0.25, 0.3) is 0 Å². The summed E-state index contributed by atoms with van der Waals surface area (Å²) in [6, 6.07) is 23.7. The zero-order valence-electron chi connectivity index (χ0n) is 42.6. The van der Waals surface area contributed by atoms with E-state index >= 15 is 0 Å². The van der Waals surface area contributed by atoms with Crippen LogP contribution in [0.25, 0.3) is 33.2 Å². The third kappa shape index (κ3) is 9.76. The van der Waals surface area contributed by atoms with Crippen molar-refractivity contribution in [1.82, 2.24) is 44.9 Å². The maximum absolute atomic E-state index is 14.1. The lowest BCUT2D eigenvalue weighted by Crippen LogP contribution is -2.51. The largest absolute Gasteiger partial charge is 0.465 e. The van der Waals surface area contributed by atoms with E-state index in [1.54, 1.807) is 4.90 Å². The molecule has 4 aliphatic rings. The van der Waals surface area contributed by atoms with Crippen LogP contribution in [-0.4, -0.2) is 134 Å². The van der Waals surface area contributed by atoms with Crippen LogP contribution in [0.15, 0.2) is 79.0 Å². The molecule has 4 saturated heterocycles. The Morgan fingerprint density at radius 3 is 1.86 bits per heavy atom. The van der Waals surface area contributed by atoms with Gasteiger partial charge in [0.2, 0.25) is 11.8 Å². The fourth-order valence-corrected chi connectivity index (χ4v) is 11.7. The highest BCUT2D eigenvalue weighted by Gasteiger charge is 2.41. The maximum Gasteiger partial charge on any atom is 0.407 e. The third-order valence-electron chi connectivity index (χ3n) is 15.5. The molecule has 4 fully saturated rings. The minimum absolute atomic E-state index is 0.0197. The average Bonchev–Trinajstić information content (AvgIpc) is 4.26. The van der Waals surface area contributed by atoms with E-state index in [1.165, 1.54) is 14.2 Å². The number of imidazole rings is 2. The SMILES string of the molecule is COC(=O)N[C@H](C(=O)N1CCC[C@H]1c1nc2cc([C@H]3CC[C@H](c4ccc5[nH]c([C@@H]6CCCN6C(=O)[C@H](C(C)C)N(C)C(=O)O)nc5c4)N3c3cccc(-c4ccc(N5CCOCC5)nc4)c3)ccc2[nH]1)C(C)C. The molecule has 0 radical (unpaired) electrons. The number of carbonyl (C=O) groups excluding carboxylic acids is 3. The molecule has 73 heavy (non-hydrogen) atoms. The number of alkyl carbamates (subject to hydrolysis) is 1. The molecule has 10 rings (SSSR count). The van der Waals surface area contributed by atoms with Crippen LogP contribution in [-0.2, 0) is 19.1 Å². The molecular weight excluding hydrogens is 927 g/mol. The monoisotopic (exact) mass is 994 g/mol. The van der Waals surface area contributed by atoms with E-state index in [0.717, 1.165) is 118 Å². The first-order valence-corrected chi connectivity index (χ1v) is 25.9.